The van der Waals surface area contributed by atoms with E-state index in [1.54, 1.807) is 36.5 Å². The number of para-hydroxylation sites is 1. The van der Waals surface area contributed by atoms with E-state index in [4.69, 9.17) is 4.74 Å². The molecule has 10 nitrogen and oxygen atoms in total. The van der Waals surface area contributed by atoms with Gasteiger partial charge in [-0.25, -0.2) is 15.0 Å². The highest BCUT2D eigenvalue weighted by Gasteiger charge is 2.27. The molecule has 1 N–H and O–H groups in total. The second kappa shape index (κ2) is 9.65. The number of hydrogen-bond donors (Lipinski definition) is 1. The van der Waals surface area contributed by atoms with E-state index in [0.29, 0.717) is 18.2 Å². The molecule has 172 valence electrons. The van der Waals surface area contributed by atoms with E-state index in [1.807, 2.05) is 36.4 Å². The second-order valence-electron chi connectivity index (χ2n) is 7.98. The number of nitrogens with one attached hydrogen (secondary N) is 1. The number of ether oxygens (including phenoxy) is 1. The second-order valence-corrected chi connectivity index (χ2v) is 7.98. The third-order valence-corrected chi connectivity index (χ3v) is 5.82. The van der Waals surface area contributed by atoms with Crippen molar-refractivity contribution in [2.45, 2.75) is 12.8 Å². The van der Waals surface area contributed by atoms with Crippen molar-refractivity contribution in [3.63, 3.8) is 0 Å². The van der Waals surface area contributed by atoms with Crippen LogP contribution in [0.15, 0.2) is 67.5 Å². The van der Waals surface area contributed by atoms with Crippen molar-refractivity contribution >= 4 is 17.5 Å². The first-order valence-electron chi connectivity index (χ1n) is 11.0. The van der Waals surface area contributed by atoms with Crippen LogP contribution in [0.2, 0.25) is 0 Å². The zero-order chi connectivity index (χ0) is 23.3. The molecule has 34 heavy (non-hydrogen) atoms. The highest BCUT2D eigenvalue weighted by Crippen LogP contribution is 2.29. The number of carbonyl (C=O) groups excluding carboxylic acids is 1. The average Bonchev–Trinajstić information content (AvgIpc) is 3.44. The van der Waals surface area contributed by atoms with Crippen LogP contribution < -0.4 is 15.0 Å². The van der Waals surface area contributed by atoms with Gasteiger partial charge in [0.2, 0.25) is 5.91 Å². The number of imidazole rings is 1. The third kappa shape index (κ3) is 4.56. The van der Waals surface area contributed by atoms with Gasteiger partial charge < -0.3 is 15.0 Å². The number of benzene rings is 1. The predicted octanol–water partition coefficient (Wildman–Crippen LogP) is 2.98. The third-order valence-electron chi connectivity index (χ3n) is 5.82. The van der Waals surface area contributed by atoms with E-state index in [-0.39, 0.29) is 11.8 Å². The van der Waals surface area contributed by atoms with E-state index in [9.17, 15) is 4.79 Å². The fourth-order valence-electron chi connectivity index (χ4n) is 4.07. The SMILES string of the molecule is COc1ccccc1-c1ccc(N2CCCC(C(=O)Nc3cc(-n4ccnc4)ncn3)C2)nn1. The molecular weight excluding hydrogens is 432 g/mol. The first-order valence-corrected chi connectivity index (χ1v) is 11.0. The van der Waals surface area contributed by atoms with Gasteiger partial charge in [-0.15, -0.1) is 10.2 Å². The minimum Gasteiger partial charge on any atom is -0.496 e. The van der Waals surface area contributed by atoms with E-state index in [0.717, 1.165) is 42.2 Å². The molecule has 4 aromatic rings. The van der Waals surface area contributed by atoms with Gasteiger partial charge in [0, 0.05) is 37.1 Å². The summed E-state index contributed by atoms with van der Waals surface area (Å²) in [5, 5.41) is 11.8. The Morgan fingerprint density at radius 2 is 2.03 bits per heavy atom. The Hall–Kier alpha value is -4.34. The van der Waals surface area contributed by atoms with Crippen LogP contribution in [0.25, 0.3) is 17.1 Å². The Labute approximate surface area is 196 Å². The Morgan fingerprint density at radius 1 is 1.12 bits per heavy atom. The van der Waals surface area contributed by atoms with Crippen molar-refractivity contribution < 1.29 is 9.53 Å². The molecule has 1 unspecified atom stereocenters. The highest BCUT2D eigenvalue weighted by atomic mass is 16.5. The van der Waals surface area contributed by atoms with Crippen LogP contribution in [0.4, 0.5) is 11.6 Å². The van der Waals surface area contributed by atoms with Gasteiger partial charge in [-0.3, -0.25) is 9.36 Å². The van der Waals surface area contributed by atoms with Crippen molar-refractivity contribution in [1.29, 1.82) is 0 Å². The van der Waals surface area contributed by atoms with E-state index >= 15 is 0 Å². The minimum absolute atomic E-state index is 0.0708. The summed E-state index contributed by atoms with van der Waals surface area (Å²) in [6.07, 6.45) is 8.21. The molecule has 0 radical (unpaired) electrons. The number of hydrogen-bond acceptors (Lipinski definition) is 8. The lowest BCUT2D eigenvalue weighted by Crippen LogP contribution is -2.41. The lowest BCUT2D eigenvalue weighted by Gasteiger charge is -2.32. The van der Waals surface area contributed by atoms with Crippen molar-refractivity contribution in [2.75, 3.05) is 30.4 Å². The van der Waals surface area contributed by atoms with Crippen molar-refractivity contribution in [1.82, 2.24) is 29.7 Å². The number of methoxy groups -OCH3 is 1. The van der Waals surface area contributed by atoms with Gasteiger partial charge in [-0.1, -0.05) is 12.1 Å². The maximum absolute atomic E-state index is 13.0. The van der Waals surface area contributed by atoms with Crippen LogP contribution >= 0.6 is 0 Å². The van der Waals surface area contributed by atoms with Crippen molar-refractivity contribution in [2.24, 2.45) is 5.92 Å². The van der Waals surface area contributed by atoms with Gasteiger partial charge in [-0.2, -0.15) is 0 Å². The number of amides is 1. The topological polar surface area (TPSA) is 111 Å². The molecule has 10 heteroatoms. The summed E-state index contributed by atoms with van der Waals surface area (Å²) in [6, 6.07) is 13.3. The summed E-state index contributed by atoms with van der Waals surface area (Å²) in [4.78, 5) is 27.5. The molecule has 0 bridgehead atoms. The molecule has 5 rings (SSSR count). The largest absolute Gasteiger partial charge is 0.496 e. The fourth-order valence-corrected chi connectivity index (χ4v) is 4.07. The predicted molar refractivity (Wildman–Crippen MR) is 127 cm³/mol. The number of nitrogens with zero attached hydrogens (tertiary/aromatic N) is 7. The van der Waals surface area contributed by atoms with Gasteiger partial charge in [0.1, 0.15) is 30.0 Å². The standard InChI is InChI=1S/C24H24N8O2/c1-34-20-7-3-2-6-18(20)19-8-9-22(30-29-19)31-11-4-5-17(14-31)24(33)28-21-13-23(27-15-26-21)32-12-10-25-16-32/h2-3,6-10,12-13,15-17H,4-5,11,14H2,1H3,(H,26,27,28,33). The van der Waals surface area contributed by atoms with Crippen LogP contribution in [0, 0.1) is 5.92 Å². The van der Waals surface area contributed by atoms with Crippen LogP contribution in [-0.4, -0.2) is 55.8 Å². The van der Waals surface area contributed by atoms with Crippen molar-refractivity contribution in [3.05, 3.63) is 67.5 Å². The van der Waals surface area contributed by atoms with Crippen molar-refractivity contribution in [3.8, 4) is 22.8 Å². The van der Waals surface area contributed by atoms with Gasteiger partial charge in [-0.05, 0) is 37.1 Å². The van der Waals surface area contributed by atoms with Crippen LogP contribution in [0.3, 0.4) is 0 Å². The van der Waals surface area contributed by atoms with Gasteiger partial charge in [0.15, 0.2) is 5.82 Å². The normalized spacial score (nSPS) is 15.7. The summed E-state index contributed by atoms with van der Waals surface area (Å²) in [5.74, 6) is 2.34. The molecule has 4 heterocycles. The maximum Gasteiger partial charge on any atom is 0.230 e. The fraction of sp³-hybridized carbons (Fsp3) is 0.250. The van der Waals surface area contributed by atoms with Gasteiger partial charge in [0.05, 0.1) is 18.7 Å². The minimum atomic E-state index is -0.184. The molecule has 1 aromatic carbocycles. The molecule has 1 aliphatic heterocycles. The smallest absolute Gasteiger partial charge is 0.230 e. The van der Waals surface area contributed by atoms with E-state index in [1.165, 1.54) is 6.33 Å². The molecule has 3 aromatic heterocycles. The average molecular weight is 457 g/mol. The van der Waals surface area contributed by atoms with E-state index < -0.39 is 0 Å². The first-order chi connectivity index (χ1) is 16.7. The Kier molecular flexibility index (Phi) is 6.11. The number of aromatic nitrogens is 6. The maximum atomic E-state index is 13.0. The van der Waals surface area contributed by atoms with E-state index in [2.05, 4.69) is 35.4 Å². The van der Waals surface area contributed by atoms with Gasteiger partial charge in [0.25, 0.3) is 0 Å². The zero-order valence-electron chi connectivity index (χ0n) is 18.7. The summed E-state index contributed by atoms with van der Waals surface area (Å²) in [5.41, 5.74) is 1.63. The molecule has 0 saturated carbocycles. The summed E-state index contributed by atoms with van der Waals surface area (Å²) >= 11 is 0. The lowest BCUT2D eigenvalue weighted by molar-refractivity contribution is -0.120. The number of carbonyl (C=O) groups is 1. The highest BCUT2D eigenvalue weighted by molar-refractivity contribution is 5.92. The summed E-state index contributed by atoms with van der Waals surface area (Å²) in [6.45, 7) is 1.39. The molecule has 1 saturated heterocycles. The lowest BCUT2D eigenvalue weighted by atomic mass is 9.97. The van der Waals surface area contributed by atoms with Crippen LogP contribution in [0.5, 0.6) is 5.75 Å². The number of piperidine rings is 1. The molecule has 1 fully saturated rings. The molecule has 1 amide bonds. The Bertz CT molecular complexity index is 1260. The molecule has 0 spiro atoms. The zero-order valence-corrected chi connectivity index (χ0v) is 18.7. The molecular formula is C24H24N8O2. The van der Waals surface area contributed by atoms with Crippen LogP contribution in [-0.2, 0) is 4.79 Å². The Balaban J connectivity index is 1.26. The number of rotatable bonds is 6. The molecule has 1 aliphatic rings. The monoisotopic (exact) mass is 456 g/mol. The Morgan fingerprint density at radius 3 is 2.82 bits per heavy atom. The first kappa shape index (κ1) is 21.5. The molecule has 1 atom stereocenters. The summed E-state index contributed by atoms with van der Waals surface area (Å²) < 4.78 is 7.18. The van der Waals surface area contributed by atoms with Crippen LogP contribution in [0.1, 0.15) is 12.8 Å². The summed E-state index contributed by atoms with van der Waals surface area (Å²) in [7, 11) is 1.64. The quantitative estimate of drug-likeness (QED) is 0.471. The molecule has 0 aliphatic carbocycles. The number of anilines is 2. The van der Waals surface area contributed by atoms with Gasteiger partial charge >= 0.3 is 0 Å².